The Balaban J connectivity index is 2.00. The quantitative estimate of drug-likeness (QED) is 0.845. The molecule has 0 saturated heterocycles. The van der Waals surface area contributed by atoms with Gasteiger partial charge in [-0.1, -0.05) is 24.6 Å². The molecule has 0 spiro atoms. The molecule has 21 heavy (non-hydrogen) atoms. The number of nitrogens with zero attached hydrogens (tertiary/aromatic N) is 1. The maximum atomic E-state index is 12.4. The molecule has 0 saturated carbocycles. The third kappa shape index (κ3) is 4.59. The second kappa shape index (κ2) is 7.81. The van der Waals surface area contributed by atoms with Crippen molar-refractivity contribution in [3.05, 3.63) is 29.8 Å². The average Bonchev–Trinajstić information content (AvgIpc) is 2.44. The number of carboxylic acid groups (broad SMARTS) is 1. The van der Waals surface area contributed by atoms with E-state index in [1.54, 1.807) is 0 Å². The fourth-order valence-corrected chi connectivity index (χ4v) is 2.81. The number of benzene rings is 1. The highest BCUT2D eigenvalue weighted by molar-refractivity contribution is 5.94. The Labute approximate surface area is 125 Å². The SMILES string of the molecule is O=C(O)CCCCC(=O)N1CCCCCc2ccccc21. The van der Waals surface area contributed by atoms with Crippen LogP contribution in [0.3, 0.4) is 0 Å². The van der Waals surface area contributed by atoms with Gasteiger partial charge < -0.3 is 10.0 Å². The lowest BCUT2D eigenvalue weighted by atomic mass is 10.0. The third-order valence-electron chi connectivity index (χ3n) is 3.94. The van der Waals surface area contributed by atoms with Crippen LogP contribution in [-0.4, -0.2) is 23.5 Å². The summed E-state index contributed by atoms with van der Waals surface area (Å²) in [5.74, 6) is -0.672. The van der Waals surface area contributed by atoms with E-state index in [9.17, 15) is 9.59 Å². The summed E-state index contributed by atoms with van der Waals surface area (Å²) in [7, 11) is 0. The third-order valence-corrected chi connectivity index (χ3v) is 3.94. The molecule has 0 radical (unpaired) electrons. The van der Waals surface area contributed by atoms with Crippen LogP contribution in [0.5, 0.6) is 0 Å². The van der Waals surface area contributed by atoms with Crippen LogP contribution >= 0.6 is 0 Å². The van der Waals surface area contributed by atoms with Gasteiger partial charge in [-0.05, 0) is 43.7 Å². The second-order valence-electron chi connectivity index (χ2n) is 5.59. The van der Waals surface area contributed by atoms with E-state index >= 15 is 0 Å². The number of carboxylic acids is 1. The highest BCUT2D eigenvalue weighted by Gasteiger charge is 2.19. The number of amides is 1. The second-order valence-corrected chi connectivity index (χ2v) is 5.59. The summed E-state index contributed by atoms with van der Waals surface area (Å²) in [4.78, 5) is 24.8. The van der Waals surface area contributed by atoms with Gasteiger partial charge in [0.25, 0.3) is 0 Å². The van der Waals surface area contributed by atoms with Gasteiger partial charge in [-0.25, -0.2) is 0 Å². The predicted molar refractivity (Wildman–Crippen MR) is 82.5 cm³/mol. The highest BCUT2D eigenvalue weighted by atomic mass is 16.4. The first-order chi connectivity index (χ1) is 10.2. The number of unbranched alkanes of at least 4 members (excludes halogenated alkanes) is 1. The zero-order valence-electron chi connectivity index (χ0n) is 12.4. The molecule has 0 aromatic heterocycles. The number of aryl methyl sites for hydroxylation is 1. The van der Waals surface area contributed by atoms with Crippen molar-refractivity contribution in [1.82, 2.24) is 0 Å². The molecule has 4 heteroatoms. The average molecular weight is 289 g/mol. The zero-order chi connectivity index (χ0) is 15.1. The minimum atomic E-state index is -0.793. The molecule has 1 aliphatic heterocycles. The van der Waals surface area contributed by atoms with E-state index in [1.165, 1.54) is 12.0 Å². The van der Waals surface area contributed by atoms with Crippen LogP contribution in [0.2, 0.25) is 0 Å². The first-order valence-electron chi connectivity index (χ1n) is 7.78. The van der Waals surface area contributed by atoms with Gasteiger partial charge in [0.1, 0.15) is 0 Å². The molecule has 1 amide bonds. The summed E-state index contributed by atoms with van der Waals surface area (Å²) in [5, 5.41) is 8.63. The molecule has 0 aliphatic carbocycles. The van der Waals surface area contributed by atoms with E-state index in [0.29, 0.717) is 19.3 Å². The van der Waals surface area contributed by atoms with Gasteiger partial charge in [-0.3, -0.25) is 9.59 Å². The van der Waals surface area contributed by atoms with Crippen LogP contribution in [0.25, 0.3) is 0 Å². The van der Waals surface area contributed by atoms with Gasteiger partial charge in [0, 0.05) is 25.1 Å². The van der Waals surface area contributed by atoms with Gasteiger partial charge in [-0.2, -0.15) is 0 Å². The summed E-state index contributed by atoms with van der Waals surface area (Å²) in [6.07, 6.45) is 6.18. The molecule has 0 bridgehead atoms. The molecule has 1 heterocycles. The van der Waals surface area contributed by atoms with Gasteiger partial charge in [-0.15, -0.1) is 0 Å². The molecule has 2 rings (SSSR count). The number of carbonyl (C=O) groups excluding carboxylic acids is 1. The van der Waals surface area contributed by atoms with Crippen molar-refractivity contribution in [2.24, 2.45) is 0 Å². The molecule has 1 aliphatic rings. The van der Waals surface area contributed by atoms with E-state index < -0.39 is 5.97 Å². The predicted octanol–water partition coefficient (Wildman–Crippen LogP) is 3.39. The van der Waals surface area contributed by atoms with E-state index in [2.05, 4.69) is 6.07 Å². The van der Waals surface area contributed by atoms with Crippen molar-refractivity contribution < 1.29 is 14.7 Å². The largest absolute Gasteiger partial charge is 0.481 e. The minimum Gasteiger partial charge on any atom is -0.481 e. The Morgan fingerprint density at radius 2 is 1.81 bits per heavy atom. The topological polar surface area (TPSA) is 57.6 Å². The van der Waals surface area contributed by atoms with E-state index in [0.717, 1.165) is 31.5 Å². The molecular formula is C17H23NO3. The van der Waals surface area contributed by atoms with Crippen LogP contribution in [0.15, 0.2) is 24.3 Å². The summed E-state index contributed by atoms with van der Waals surface area (Å²) in [6, 6.07) is 8.13. The number of rotatable bonds is 5. The lowest BCUT2D eigenvalue weighted by Crippen LogP contribution is -2.33. The fourth-order valence-electron chi connectivity index (χ4n) is 2.81. The van der Waals surface area contributed by atoms with Crippen molar-refractivity contribution in [2.45, 2.75) is 51.4 Å². The monoisotopic (exact) mass is 289 g/mol. The van der Waals surface area contributed by atoms with Crippen molar-refractivity contribution in [2.75, 3.05) is 11.4 Å². The molecule has 0 atom stereocenters. The standard InChI is InChI=1S/C17H23NO3/c19-16(11-5-6-12-17(20)21)18-13-7-1-2-8-14-9-3-4-10-15(14)18/h3-4,9-10H,1-2,5-8,11-13H2,(H,20,21). The number of fused-ring (bicyclic) bond motifs is 1. The normalized spacial score (nSPS) is 15.0. The fraction of sp³-hybridized carbons (Fsp3) is 0.529. The number of para-hydroxylation sites is 1. The maximum Gasteiger partial charge on any atom is 0.303 e. The first kappa shape index (κ1) is 15.5. The lowest BCUT2D eigenvalue weighted by Gasteiger charge is -2.27. The van der Waals surface area contributed by atoms with Crippen LogP contribution in [0.4, 0.5) is 5.69 Å². The molecule has 0 fully saturated rings. The van der Waals surface area contributed by atoms with Gasteiger partial charge in [0.2, 0.25) is 5.91 Å². The Bertz CT molecular complexity index is 499. The van der Waals surface area contributed by atoms with Gasteiger partial charge in [0.15, 0.2) is 0 Å². The van der Waals surface area contributed by atoms with Crippen LogP contribution in [-0.2, 0) is 16.0 Å². The van der Waals surface area contributed by atoms with Crippen LogP contribution in [0, 0.1) is 0 Å². The molecule has 1 N–H and O–H groups in total. The Morgan fingerprint density at radius 3 is 2.62 bits per heavy atom. The minimum absolute atomic E-state index is 0.120. The van der Waals surface area contributed by atoms with Crippen LogP contribution in [0.1, 0.15) is 50.5 Å². The van der Waals surface area contributed by atoms with E-state index in [-0.39, 0.29) is 12.3 Å². The lowest BCUT2D eigenvalue weighted by molar-refractivity contribution is -0.137. The van der Waals surface area contributed by atoms with Gasteiger partial charge >= 0.3 is 5.97 Å². The van der Waals surface area contributed by atoms with Crippen molar-refractivity contribution in [3.63, 3.8) is 0 Å². The van der Waals surface area contributed by atoms with Crippen molar-refractivity contribution in [1.29, 1.82) is 0 Å². The number of anilines is 1. The van der Waals surface area contributed by atoms with Crippen LogP contribution < -0.4 is 4.90 Å². The van der Waals surface area contributed by atoms with E-state index in [1.807, 2.05) is 23.1 Å². The molecule has 0 unspecified atom stereocenters. The Hall–Kier alpha value is -1.84. The summed E-state index contributed by atoms with van der Waals surface area (Å²) in [6.45, 7) is 0.773. The summed E-state index contributed by atoms with van der Waals surface area (Å²) >= 11 is 0. The Morgan fingerprint density at radius 1 is 1.05 bits per heavy atom. The molecule has 1 aromatic rings. The van der Waals surface area contributed by atoms with Crippen molar-refractivity contribution in [3.8, 4) is 0 Å². The smallest absolute Gasteiger partial charge is 0.303 e. The molecular weight excluding hydrogens is 266 g/mol. The van der Waals surface area contributed by atoms with Crippen molar-refractivity contribution >= 4 is 17.6 Å². The Kier molecular flexibility index (Phi) is 5.78. The highest BCUT2D eigenvalue weighted by Crippen LogP contribution is 2.26. The number of hydrogen-bond donors (Lipinski definition) is 1. The molecule has 1 aromatic carbocycles. The number of aliphatic carboxylic acids is 1. The maximum absolute atomic E-state index is 12.4. The zero-order valence-corrected chi connectivity index (χ0v) is 12.4. The van der Waals surface area contributed by atoms with Gasteiger partial charge in [0.05, 0.1) is 0 Å². The number of carbonyl (C=O) groups is 2. The number of hydrogen-bond acceptors (Lipinski definition) is 2. The molecule has 4 nitrogen and oxygen atoms in total. The first-order valence-corrected chi connectivity index (χ1v) is 7.78. The summed E-state index contributed by atoms with van der Waals surface area (Å²) < 4.78 is 0. The molecule has 114 valence electrons. The van der Waals surface area contributed by atoms with E-state index in [4.69, 9.17) is 5.11 Å². The summed E-state index contributed by atoms with van der Waals surface area (Å²) in [5.41, 5.74) is 2.29.